The lowest BCUT2D eigenvalue weighted by Crippen LogP contribution is -2.49. The van der Waals surface area contributed by atoms with E-state index in [1.54, 1.807) is 0 Å². The van der Waals surface area contributed by atoms with E-state index in [2.05, 4.69) is 51.8 Å². The second kappa shape index (κ2) is 7.08. The van der Waals surface area contributed by atoms with Gasteiger partial charge in [0.1, 0.15) is 0 Å². The summed E-state index contributed by atoms with van der Waals surface area (Å²) in [6.07, 6.45) is 6.92. The Balaban J connectivity index is 2.64. The van der Waals surface area contributed by atoms with E-state index in [1.807, 2.05) is 0 Å². The van der Waals surface area contributed by atoms with Gasteiger partial charge in [0, 0.05) is 24.7 Å². The summed E-state index contributed by atoms with van der Waals surface area (Å²) in [6.45, 7) is 17.5. The molecule has 0 aromatic carbocycles. The van der Waals surface area contributed by atoms with Crippen LogP contribution in [0.15, 0.2) is 0 Å². The van der Waals surface area contributed by atoms with Crippen molar-refractivity contribution in [3.63, 3.8) is 0 Å². The van der Waals surface area contributed by atoms with Crippen LogP contribution >= 0.6 is 0 Å². The zero-order valence-corrected chi connectivity index (χ0v) is 14.2. The number of hydrogen-bond acceptors (Lipinski definition) is 2. The lowest BCUT2D eigenvalue weighted by atomic mass is 9.84. The largest absolute Gasteiger partial charge is 0.311 e. The van der Waals surface area contributed by atoms with Crippen molar-refractivity contribution in [2.45, 2.75) is 85.2 Å². The second-order valence-electron chi connectivity index (χ2n) is 7.87. The molecule has 0 radical (unpaired) electrons. The first-order valence-electron chi connectivity index (χ1n) is 8.27. The Morgan fingerprint density at radius 1 is 1.16 bits per heavy atom. The van der Waals surface area contributed by atoms with Gasteiger partial charge in [0.05, 0.1) is 0 Å². The first-order chi connectivity index (χ1) is 8.78. The van der Waals surface area contributed by atoms with Gasteiger partial charge < -0.3 is 10.2 Å². The molecule has 1 aliphatic rings. The summed E-state index contributed by atoms with van der Waals surface area (Å²) >= 11 is 0. The molecule has 0 unspecified atom stereocenters. The van der Waals surface area contributed by atoms with Crippen LogP contribution in [0.3, 0.4) is 0 Å². The average molecular weight is 268 g/mol. The standard InChI is InChI=1S/C17H36N2/c1-7-12-19(15(2)3)14-17(10-8-9-11-17)13-18-16(4,5)6/h15,18H,7-14H2,1-6H3. The molecule has 2 heteroatoms. The molecule has 1 N–H and O–H groups in total. The van der Waals surface area contributed by atoms with Crippen molar-refractivity contribution in [2.24, 2.45) is 5.41 Å². The third-order valence-electron chi connectivity index (χ3n) is 4.44. The van der Waals surface area contributed by atoms with Crippen molar-refractivity contribution in [1.82, 2.24) is 10.2 Å². The number of hydrogen-bond donors (Lipinski definition) is 1. The minimum atomic E-state index is 0.239. The van der Waals surface area contributed by atoms with Crippen LogP contribution in [0.5, 0.6) is 0 Å². The fraction of sp³-hybridized carbons (Fsp3) is 1.00. The van der Waals surface area contributed by atoms with Crippen molar-refractivity contribution < 1.29 is 0 Å². The van der Waals surface area contributed by atoms with Gasteiger partial charge in [0.15, 0.2) is 0 Å². The van der Waals surface area contributed by atoms with Crippen LogP contribution in [0.25, 0.3) is 0 Å². The maximum Gasteiger partial charge on any atom is 0.00967 e. The molecule has 0 aromatic heterocycles. The highest BCUT2D eigenvalue weighted by atomic mass is 15.2. The molecule has 1 saturated carbocycles. The summed E-state index contributed by atoms with van der Waals surface area (Å²) in [5.74, 6) is 0. The molecule has 1 rings (SSSR count). The summed E-state index contributed by atoms with van der Waals surface area (Å²) < 4.78 is 0. The van der Waals surface area contributed by atoms with Crippen molar-refractivity contribution in [1.29, 1.82) is 0 Å². The van der Waals surface area contributed by atoms with Crippen molar-refractivity contribution in [2.75, 3.05) is 19.6 Å². The topological polar surface area (TPSA) is 15.3 Å². The quantitative estimate of drug-likeness (QED) is 0.749. The molecular weight excluding hydrogens is 232 g/mol. The summed E-state index contributed by atoms with van der Waals surface area (Å²) in [4.78, 5) is 2.69. The molecular formula is C17H36N2. The number of nitrogens with one attached hydrogen (secondary N) is 1. The van der Waals surface area contributed by atoms with Gasteiger partial charge in [-0.15, -0.1) is 0 Å². The highest BCUT2D eigenvalue weighted by molar-refractivity contribution is 4.91. The Kier molecular flexibility index (Phi) is 6.32. The van der Waals surface area contributed by atoms with Crippen LogP contribution in [0.4, 0.5) is 0 Å². The van der Waals surface area contributed by atoms with Crippen LogP contribution in [0.2, 0.25) is 0 Å². The molecule has 0 aliphatic heterocycles. The van der Waals surface area contributed by atoms with E-state index in [4.69, 9.17) is 0 Å². The summed E-state index contributed by atoms with van der Waals surface area (Å²) in [7, 11) is 0. The van der Waals surface area contributed by atoms with E-state index in [1.165, 1.54) is 51.7 Å². The Hall–Kier alpha value is -0.0800. The maximum absolute atomic E-state index is 3.76. The lowest BCUT2D eigenvalue weighted by Gasteiger charge is -2.39. The third-order valence-corrected chi connectivity index (χ3v) is 4.44. The van der Waals surface area contributed by atoms with Gasteiger partial charge in [-0.1, -0.05) is 19.8 Å². The van der Waals surface area contributed by atoms with Gasteiger partial charge in [0.2, 0.25) is 0 Å². The van der Waals surface area contributed by atoms with Crippen molar-refractivity contribution >= 4 is 0 Å². The maximum atomic E-state index is 3.76. The molecule has 114 valence electrons. The van der Waals surface area contributed by atoms with Crippen LogP contribution < -0.4 is 5.32 Å². The predicted octanol–water partition coefficient (Wildman–Crippen LogP) is 4.06. The summed E-state index contributed by atoms with van der Waals surface area (Å²) in [5, 5.41) is 3.76. The molecule has 1 aliphatic carbocycles. The van der Waals surface area contributed by atoms with E-state index in [-0.39, 0.29) is 5.54 Å². The monoisotopic (exact) mass is 268 g/mol. The summed E-state index contributed by atoms with van der Waals surface area (Å²) in [6, 6.07) is 0.673. The fourth-order valence-corrected chi connectivity index (χ4v) is 3.21. The zero-order valence-electron chi connectivity index (χ0n) is 14.2. The minimum absolute atomic E-state index is 0.239. The van der Waals surface area contributed by atoms with Gasteiger partial charge in [-0.25, -0.2) is 0 Å². The number of rotatable bonds is 7. The smallest absolute Gasteiger partial charge is 0.00967 e. The van der Waals surface area contributed by atoms with Crippen molar-refractivity contribution in [3.8, 4) is 0 Å². The Morgan fingerprint density at radius 2 is 1.74 bits per heavy atom. The zero-order chi connectivity index (χ0) is 14.5. The molecule has 2 nitrogen and oxygen atoms in total. The molecule has 0 amide bonds. The van der Waals surface area contributed by atoms with E-state index >= 15 is 0 Å². The molecule has 0 saturated heterocycles. The van der Waals surface area contributed by atoms with E-state index in [9.17, 15) is 0 Å². The van der Waals surface area contributed by atoms with Gasteiger partial charge in [-0.2, -0.15) is 0 Å². The molecule has 0 aromatic rings. The van der Waals surface area contributed by atoms with Gasteiger partial charge in [0.25, 0.3) is 0 Å². The van der Waals surface area contributed by atoms with Gasteiger partial charge in [-0.05, 0) is 65.8 Å². The average Bonchev–Trinajstić information content (AvgIpc) is 2.74. The van der Waals surface area contributed by atoms with Crippen molar-refractivity contribution in [3.05, 3.63) is 0 Å². The molecule has 0 spiro atoms. The van der Waals surface area contributed by atoms with E-state index < -0.39 is 0 Å². The van der Waals surface area contributed by atoms with Crippen LogP contribution in [-0.2, 0) is 0 Å². The van der Waals surface area contributed by atoms with Crippen LogP contribution in [-0.4, -0.2) is 36.1 Å². The predicted molar refractivity (Wildman–Crippen MR) is 85.7 cm³/mol. The van der Waals surface area contributed by atoms with Gasteiger partial charge >= 0.3 is 0 Å². The summed E-state index contributed by atoms with van der Waals surface area (Å²) in [5.41, 5.74) is 0.760. The molecule has 0 heterocycles. The Morgan fingerprint density at radius 3 is 2.16 bits per heavy atom. The molecule has 0 bridgehead atoms. The van der Waals surface area contributed by atoms with E-state index in [0.29, 0.717) is 11.5 Å². The molecule has 0 atom stereocenters. The first-order valence-corrected chi connectivity index (χ1v) is 8.27. The third kappa shape index (κ3) is 5.83. The fourth-order valence-electron chi connectivity index (χ4n) is 3.21. The highest BCUT2D eigenvalue weighted by Crippen LogP contribution is 2.39. The Labute approximate surface area is 121 Å². The molecule has 19 heavy (non-hydrogen) atoms. The molecule has 1 fully saturated rings. The second-order valence-corrected chi connectivity index (χ2v) is 7.87. The van der Waals surface area contributed by atoms with Crippen LogP contribution in [0, 0.1) is 5.41 Å². The minimum Gasteiger partial charge on any atom is -0.311 e. The normalized spacial score (nSPS) is 19.6. The Bertz CT molecular complexity index is 246. The lowest BCUT2D eigenvalue weighted by molar-refractivity contribution is 0.115. The first kappa shape index (κ1) is 17.0. The number of nitrogens with zero attached hydrogens (tertiary/aromatic N) is 1. The van der Waals surface area contributed by atoms with Gasteiger partial charge in [-0.3, -0.25) is 0 Å². The SMILES string of the molecule is CCCN(CC1(CNC(C)(C)C)CCCC1)C(C)C. The van der Waals surface area contributed by atoms with Crippen LogP contribution in [0.1, 0.15) is 73.6 Å². The highest BCUT2D eigenvalue weighted by Gasteiger charge is 2.36. The van der Waals surface area contributed by atoms with E-state index in [0.717, 1.165) is 0 Å².